The van der Waals surface area contributed by atoms with Crippen LogP contribution in [0.5, 0.6) is 0 Å². The van der Waals surface area contributed by atoms with Crippen LogP contribution < -0.4 is 0 Å². The van der Waals surface area contributed by atoms with Crippen LogP contribution >= 0.6 is 0 Å². The number of hydrogen-bond acceptors (Lipinski definition) is 3. The molecule has 0 radical (unpaired) electrons. The van der Waals surface area contributed by atoms with Crippen molar-refractivity contribution in [1.29, 1.82) is 0 Å². The molecule has 0 aromatic rings. The zero-order valence-electron chi connectivity index (χ0n) is 29.7. The van der Waals surface area contributed by atoms with Gasteiger partial charge in [0.15, 0.2) is 0 Å². The monoisotopic (exact) mass is 629 g/mol. The lowest BCUT2D eigenvalue weighted by Crippen LogP contribution is -1.93. The summed E-state index contributed by atoms with van der Waals surface area (Å²) in [4.78, 5) is 30.6. The van der Waals surface area contributed by atoms with Gasteiger partial charge in [0.05, 0.1) is 0 Å². The van der Waals surface area contributed by atoms with Crippen LogP contribution in [0, 0.1) is 0 Å². The standard InChI is InChI=1S/C18H36O2.C12H24O2.C8H16O2/c1-2-3-4-5-6-7-8-9-10-11-12-13-14-15-16-17-18(19)20;1-2-3-4-5-6-7-8-9-10-11-12(13)14;1-2-3-4-5-6-7-8(9)10/h2-17H2,1H3,(H,19,20);2-11H2,1H3,(H,13,14);2-7H2,1H3,(H,9,10). The summed E-state index contributed by atoms with van der Waals surface area (Å²) in [6.45, 7) is 6.65. The Morgan fingerprint density at radius 2 is 0.409 bits per heavy atom. The molecule has 0 aliphatic heterocycles. The van der Waals surface area contributed by atoms with E-state index in [1.165, 1.54) is 148 Å². The molecule has 3 N–H and O–H groups in total. The van der Waals surface area contributed by atoms with Gasteiger partial charge in [-0.05, 0) is 19.3 Å². The molecule has 6 heteroatoms. The third-order valence-corrected chi connectivity index (χ3v) is 7.98. The Bertz CT molecular complexity index is 578. The average molecular weight is 629 g/mol. The maximum absolute atomic E-state index is 10.3. The predicted octanol–water partition coefficient (Wildman–Crippen LogP) is 12.8. The maximum atomic E-state index is 10.3. The van der Waals surface area contributed by atoms with Crippen molar-refractivity contribution in [3.05, 3.63) is 0 Å². The second-order valence-electron chi connectivity index (χ2n) is 12.6. The summed E-state index contributed by atoms with van der Waals surface area (Å²) in [5.74, 6) is -1.98. The van der Waals surface area contributed by atoms with E-state index in [2.05, 4.69) is 20.8 Å². The van der Waals surface area contributed by atoms with Gasteiger partial charge < -0.3 is 15.3 Å². The number of carboxylic acid groups (broad SMARTS) is 3. The molecule has 44 heavy (non-hydrogen) atoms. The Morgan fingerprint density at radius 1 is 0.273 bits per heavy atom. The first-order valence-corrected chi connectivity index (χ1v) is 19.0. The van der Waals surface area contributed by atoms with Gasteiger partial charge in [0.25, 0.3) is 0 Å². The van der Waals surface area contributed by atoms with Crippen LogP contribution in [0.2, 0.25) is 0 Å². The van der Waals surface area contributed by atoms with Crippen molar-refractivity contribution in [3.63, 3.8) is 0 Å². The maximum Gasteiger partial charge on any atom is 0.303 e. The first-order valence-electron chi connectivity index (χ1n) is 19.0. The Balaban J connectivity index is -0.000000611. The minimum Gasteiger partial charge on any atom is -0.481 e. The number of hydrogen-bond donors (Lipinski definition) is 3. The highest BCUT2D eigenvalue weighted by Gasteiger charge is 1.98. The second-order valence-corrected chi connectivity index (χ2v) is 12.6. The number of unbranched alkanes of at least 4 members (excludes halogenated alkanes) is 26. The molecule has 6 nitrogen and oxygen atoms in total. The van der Waals surface area contributed by atoms with Crippen molar-refractivity contribution in [2.75, 3.05) is 0 Å². The van der Waals surface area contributed by atoms with Gasteiger partial charge >= 0.3 is 17.9 Å². The van der Waals surface area contributed by atoms with Crippen LogP contribution in [0.1, 0.15) is 226 Å². The van der Waals surface area contributed by atoms with E-state index in [1.807, 2.05) is 0 Å². The van der Waals surface area contributed by atoms with Crippen LogP contribution in [0.15, 0.2) is 0 Å². The van der Waals surface area contributed by atoms with Gasteiger partial charge in [0, 0.05) is 19.3 Å². The van der Waals surface area contributed by atoms with Crippen molar-refractivity contribution < 1.29 is 29.7 Å². The molecule has 0 atom stereocenters. The Hall–Kier alpha value is -1.59. The summed E-state index contributed by atoms with van der Waals surface area (Å²) in [6, 6.07) is 0. The lowest BCUT2D eigenvalue weighted by atomic mass is 10.0. The molecular weight excluding hydrogens is 552 g/mol. The molecule has 264 valence electrons. The molecule has 0 amide bonds. The van der Waals surface area contributed by atoms with Gasteiger partial charge in [-0.15, -0.1) is 0 Å². The molecule has 0 bridgehead atoms. The summed E-state index contributed by atoms with van der Waals surface area (Å²) in [7, 11) is 0. The van der Waals surface area contributed by atoms with Gasteiger partial charge in [0.2, 0.25) is 0 Å². The van der Waals surface area contributed by atoms with E-state index in [1.54, 1.807) is 0 Å². The summed E-state index contributed by atoms with van der Waals surface area (Å²) >= 11 is 0. The highest BCUT2D eigenvalue weighted by molar-refractivity contribution is 5.67. The van der Waals surface area contributed by atoms with E-state index in [0.717, 1.165) is 38.5 Å². The van der Waals surface area contributed by atoms with Gasteiger partial charge in [0.1, 0.15) is 0 Å². The highest BCUT2D eigenvalue weighted by Crippen LogP contribution is 2.14. The number of carbonyl (C=O) groups is 3. The van der Waals surface area contributed by atoms with Crippen LogP contribution in [-0.2, 0) is 14.4 Å². The minimum atomic E-state index is -0.670. The van der Waals surface area contributed by atoms with Gasteiger partial charge in [-0.25, -0.2) is 0 Å². The zero-order chi connectivity index (χ0) is 33.4. The minimum absolute atomic E-state index is 0.337. The fourth-order valence-electron chi connectivity index (χ4n) is 5.11. The Morgan fingerprint density at radius 3 is 0.545 bits per heavy atom. The SMILES string of the molecule is CCCCCCCC(=O)O.CCCCCCCCCCCC(=O)O.CCCCCCCCCCCCCCCCCC(=O)O. The van der Waals surface area contributed by atoms with E-state index in [4.69, 9.17) is 15.3 Å². The fourth-order valence-corrected chi connectivity index (χ4v) is 5.11. The lowest BCUT2D eigenvalue weighted by Gasteiger charge is -2.03. The molecule has 0 aliphatic carbocycles. The topological polar surface area (TPSA) is 112 Å². The normalized spacial score (nSPS) is 10.4. The van der Waals surface area contributed by atoms with Crippen molar-refractivity contribution in [2.24, 2.45) is 0 Å². The summed E-state index contributed by atoms with van der Waals surface area (Å²) < 4.78 is 0. The molecule has 0 saturated heterocycles. The van der Waals surface area contributed by atoms with E-state index in [-0.39, 0.29) is 0 Å². The molecule has 0 unspecified atom stereocenters. The van der Waals surface area contributed by atoms with Gasteiger partial charge in [-0.3, -0.25) is 14.4 Å². The van der Waals surface area contributed by atoms with Crippen molar-refractivity contribution in [1.82, 2.24) is 0 Å². The van der Waals surface area contributed by atoms with E-state index >= 15 is 0 Å². The van der Waals surface area contributed by atoms with Crippen LogP contribution in [-0.4, -0.2) is 33.2 Å². The second kappa shape index (κ2) is 43.5. The van der Waals surface area contributed by atoms with E-state index < -0.39 is 17.9 Å². The van der Waals surface area contributed by atoms with Gasteiger partial charge in [-0.1, -0.05) is 188 Å². The Labute approximate surface area is 273 Å². The van der Waals surface area contributed by atoms with Crippen molar-refractivity contribution in [2.45, 2.75) is 226 Å². The first kappa shape index (κ1) is 46.8. The third kappa shape index (κ3) is 56.2. The molecule has 0 aromatic heterocycles. The quantitative estimate of drug-likeness (QED) is 0.0639. The smallest absolute Gasteiger partial charge is 0.303 e. The van der Waals surface area contributed by atoms with Crippen LogP contribution in [0.4, 0.5) is 0 Å². The van der Waals surface area contributed by atoms with Crippen molar-refractivity contribution >= 4 is 17.9 Å². The lowest BCUT2D eigenvalue weighted by molar-refractivity contribution is -0.138. The molecule has 0 heterocycles. The first-order chi connectivity index (χ1) is 21.3. The predicted molar refractivity (Wildman–Crippen MR) is 188 cm³/mol. The molecule has 0 aliphatic rings. The number of rotatable bonds is 32. The number of aliphatic carboxylic acids is 3. The zero-order valence-corrected chi connectivity index (χ0v) is 29.7. The molecule has 0 spiro atoms. The molecule has 0 aromatic carbocycles. The van der Waals surface area contributed by atoms with Gasteiger partial charge in [-0.2, -0.15) is 0 Å². The van der Waals surface area contributed by atoms with E-state index in [9.17, 15) is 14.4 Å². The summed E-state index contributed by atoms with van der Waals surface area (Å²) in [5.41, 5.74) is 0. The molecule has 0 saturated carbocycles. The highest BCUT2D eigenvalue weighted by atomic mass is 16.4. The third-order valence-electron chi connectivity index (χ3n) is 7.98. The summed E-state index contributed by atoms with van der Waals surface area (Å²) in [6.07, 6.45) is 37.6. The van der Waals surface area contributed by atoms with Crippen molar-refractivity contribution in [3.8, 4) is 0 Å². The largest absolute Gasteiger partial charge is 0.481 e. The Kier molecular flexibility index (Phi) is 46.3. The molecule has 0 rings (SSSR count). The molecular formula is C38H76O6. The average Bonchev–Trinajstić information content (AvgIpc) is 2.98. The summed E-state index contributed by atoms with van der Waals surface area (Å²) in [5, 5.41) is 25.2. The fraction of sp³-hybridized carbons (Fsp3) is 0.921. The number of carboxylic acids is 3. The van der Waals surface area contributed by atoms with Crippen LogP contribution in [0.25, 0.3) is 0 Å². The molecule has 0 fully saturated rings. The van der Waals surface area contributed by atoms with E-state index in [0.29, 0.717) is 19.3 Å². The van der Waals surface area contributed by atoms with Crippen LogP contribution in [0.3, 0.4) is 0 Å².